The van der Waals surface area contributed by atoms with E-state index >= 15 is 0 Å². The van der Waals surface area contributed by atoms with E-state index in [2.05, 4.69) is 20.9 Å². The average molecular weight is 335 g/mol. The van der Waals surface area contributed by atoms with Gasteiger partial charge < -0.3 is 9.84 Å². The minimum Gasteiger partial charge on any atom is -0.479 e. The van der Waals surface area contributed by atoms with Crippen LogP contribution in [0.2, 0.25) is 0 Å². The van der Waals surface area contributed by atoms with Crippen LogP contribution >= 0.6 is 0 Å². The van der Waals surface area contributed by atoms with E-state index in [1.54, 1.807) is 0 Å². The molecule has 1 saturated carbocycles. The quantitative estimate of drug-likeness (QED) is 0.866. The first-order valence-corrected chi connectivity index (χ1v) is 9.18. The lowest BCUT2D eigenvalue weighted by atomic mass is 9.91. The molecule has 6 heteroatoms. The van der Waals surface area contributed by atoms with Crippen LogP contribution in [0, 0.1) is 5.92 Å². The summed E-state index contributed by atoms with van der Waals surface area (Å²) in [7, 11) is 1.49. The molecule has 0 spiro atoms. The van der Waals surface area contributed by atoms with Gasteiger partial charge in [0.05, 0.1) is 12.2 Å². The summed E-state index contributed by atoms with van der Waals surface area (Å²) in [6.45, 7) is 2.75. The van der Waals surface area contributed by atoms with Crippen LogP contribution in [0.3, 0.4) is 0 Å². The molecular formula is C18H29N3O3. The summed E-state index contributed by atoms with van der Waals surface area (Å²) in [6, 6.07) is 0.580. The summed E-state index contributed by atoms with van der Waals surface area (Å²) >= 11 is 0. The third kappa shape index (κ3) is 4.16. The molecule has 1 unspecified atom stereocenters. The lowest BCUT2D eigenvalue weighted by molar-refractivity contribution is -0.153. The van der Waals surface area contributed by atoms with Gasteiger partial charge in [-0.2, -0.15) is 5.10 Å². The van der Waals surface area contributed by atoms with E-state index in [9.17, 15) is 9.90 Å². The first-order valence-electron chi connectivity index (χ1n) is 9.18. The predicted molar refractivity (Wildman–Crippen MR) is 90.8 cm³/mol. The Balaban J connectivity index is 1.49. The molecule has 6 nitrogen and oxygen atoms in total. The molecule has 24 heavy (non-hydrogen) atoms. The molecule has 3 rings (SSSR count). The summed E-state index contributed by atoms with van der Waals surface area (Å²) in [5, 5.41) is 13.8. The number of aromatic nitrogens is 2. The van der Waals surface area contributed by atoms with Gasteiger partial charge in [-0.05, 0) is 44.7 Å². The van der Waals surface area contributed by atoms with Crippen LogP contribution in [0.25, 0.3) is 0 Å². The maximum absolute atomic E-state index is 11.2. The SMILES string of the molecule is COC(C(=O)O)C1CCN(Cc2cnn(C3CCCCC3)c2)CC1. The molecule has 1 saturated heterocycles. The molecule has 0 radical (unpaired) electrons. The summed E-state index contributed by atoms with van der Waals surface area (Å²) < 4.78 is 7.30. The highest BCUT2D eigenvalue weighted by atomic mass is 16.5. The van der Waals surface area contributed by atoms with Crippen molar-refractivity contribution < 1.29 is 14.6 Å². The second kappa shape index (κ2) is 8.12. The predicted octanol–water partition coefficient (Wildman–Crippen LogP) is 2.70. The first kappa shape index (κ1) is 17.4. The van der Waals surface area contributed by atoms with Crippen molar-refractivity contribution in [1.82, 2.24) is 14.7 Å². The largest absolute Gasteiger partial charge is 0.479 e. The lowest BCUT2D eigenvalue weighted by Gasteiger charge is -2.33. The molecule has 2 heterocycles. The number of likely N-dealkylation sites (tertiary alicyclic amines) is 1. The fraction of sp³-hybridized carbons (Fsp3) is 0.778. The second-order valence-electron chi connectivity index (χ2n) is 7.23. The number of methoxy groups -OCH3 is 1. The highest BCUT2D eigenvalue weighted by molar-refractivity contribution is 5.72. The molecule has 134 valence electrons. The van der Waals surface area contributed by atoms with Gasteiger partial charge in [0.15, 0.2) is 6.10 Å². The van der Waals surface area contributed by atoms with Gasteiger partial charge in [0.2, 0.25) is 0 Å². The number of carboxylic acid groups (broad SMARTS) is 1. The number of nitrogens with zero attached hydrogens (tertiary/aromatic N) is 3. The van der Waals surface area contributed by atoms with Crippen molar-refractivity contribution in [3.05, 3.63) is 18.0 Å². The molecule has 1 N–H and O–H groups in total. The van der Waals surface area contributed by atoms with E-state index in [1.165, 1.54) is 44.8 Å². The van der Waals surface area contributed by atoms with Crippen LogP contribution in [0.5, 0.6) is 0 Å². The highest BCUT2D eigenvalue weighted by Gasteiger charge is 2.31. The van der Waals surface area contributed by atoms with Gasteiger partial charge in [0.25, 0.3) is 0 Å². The number of piperidine rings is 1. The summed E-state index contributed by atoms with van der Waals surface area (Å²) in [5.41, 5.74) is 1.26. The average Bonchev–Trinajstić information content (AvgIpc) is 3.06. The monoisotopic (exact) mass is 335 g/mol. The van der Waals surface area contributed by atoms with Crippen LogP contribution in [-0.2, 0) is 16.1 Å². The maximum atomic E-state index is 11.2. The van der Waals surface area contributed by atoms with E-state index in [0.717, 1.165) is 32.5 Å². The molecule has 2 fully saturated rings. The maximum Gasteiger partial charge on any atom is 0.333 e. The molecule has 1 aliphatic carbocycles. The first-order chi connectivity index (χ1) is 11.7. The number of carbonyl (C=O) groups is 1. The van der Waals surface area contributed by atoms with Gasteiger partial charge in [-0.25, -0.2) is 4.79 Å². The Morgan fingerprint density at radius 1 is 1.29 bits per heavy atom. The minimum atomic E-state index is -0.843. The fourth-order valence-corrected chi connectivity index (χ4v) is 4.17. The van der Waals surface area contributed by atoms with E-state index in [0.29, 0.717) is 6.04 Å². The summed E-state index contributed by atoms with van der Waals surface area (Å²) in [6.07, 6.45) is 11.8. The van der Waals surface area contributed by atoms with Crippen molar-refractivity contribution in [3.8, 4) is 0 Å². The second-order valence-corrected chi connectivity index (χ2v) is 7.23. The van der Waals surface area contributed by atoms with Crippen LogP contribution in [0.4, 0.5) is 0 Å². The molecule has 1 atom stereocenters. The molecule has 2 aliphatic rings. The standard InChI is InChI=1S/C18H29N3O3/c1-24-17(18(22)23)15-7-9-20(10-8-15)12-14-11-19-21(13-14)16-5-3-2-4-6-16/h11,13,15-17H,2-10,12H2,1H3,(H,22,23). The third-order valence-corrected chi connectivity index (χ3v) is 5.57. The van der Waals surface area contributed by atoms with Crippen LogP contribution in [0.15, 0.2) is 12.4 Å². The Kier molecular flexibility index (Phi) is 5.89. The molecule has 1 aromatic heterocycles. The Bertz CT molecular complexity index is 531. The van der Waals surface area contributed by atoms with E-state index in [4.69, 9.17) is 4.74 Å². The normalized spacial score (nSPS) is 22.5. The summed E-state index contributed by atoms with van der Waals surface area (Å²) in [4.78, 5) is 13.6. The highest BCUT2D eigenvalue weighted by Crippen LogP contribution is 2.28. The van der Waals surface area contributed by atoms with Gasteiger partial charge in [0.1, 0.15) is 0 Å². The number of rotatable bonds is 6. The van der Waals surface area contributed by atoms with Crippen molar-refractivity contribution in [2.75, 3.05) is 20.2 Å². The van der Waals surface area contributed by atoms with Crippen LogP contribution in [0.1, 0.15) is 56.6 Å². The van der Waals surface area contributed by atoms with Gasteiger partial charge in [-0.3, -0.25) is 9.58 Å². The zero-order chi connectivity index (χ0) is 16.9. The van der Waals surface area contributed by atoms with Crippen molar-refractivity contribution in [3.63, 3.8) is 0 Å². The number of aliphatic carboxylic acids is 1. The number of carboxylic acids is 1. The van der Waals surface area contributed by atoms with Gasteiger partial charge in [-0.15, -0.1) is 0 Å². The van der Waals surface area contributed by atoms with E-state index in [1.807, 2.05) is 6.20 Å². The van der Waals surface area contributed by atoms with Gasteiger partial charge in [0, 0.05) is 25.4 Å². The van der Waals surface area contributed by atoms with Crippen LogP contribution in [-0.4, -0.2) is 52.1 Å². The van der Waals surface area contributed by atoms with Crippen molar-refractivity contribution >= 4 is 5.97 Å². The Hall–Kier alpha value is -1.40. The Morgan fingerprint density at radius 3 is 2.62 bits per heavy atom. The van der Waals surface area contributed by atoms with Gasteiger partial charge in [-0.1, -0.05) is 19.3 Å². The zero-order valence-corrected chi connectivity index (χ0v) is 14.6. The summed E-state index contributed by atoms with van der Waals surface area (Å²) in [5.74, 6) is -0.724. The molecule has 0 bridgehead atoms. The van der Waals surface area contributed by atoms with Crippen LogP contribution < -0.4 is 0 Å². The zero-order valence-electron chi connectivity index (χ0n) is 14.6. The molecule has 1 aromatic rings. The molecular weight excluding hydrogens is 306 g/mol. The number of hydrogen-bond acceptors (Lipinski definition) is 4. The van der Waals surface area contributed by atoms with E-state index < -0.39 is 12.1 Å². The fourth-order valence-electron chi connectivity index (χ4n) is 4.17. The Morgan fingerprint density at radius 2 is 2.00 bits per heavy atom. The lowest BCUT2D eigenvalue weighted by Crippen LogP contribution is -2.41. The third-order valence-electron chi connectivity index (χ3n) is 5.57. The smallest absolute Gasteiger partial charge is 0.333 e. The van der Waals surface area contributed by atoms with Crippen molar-refractivity contribution in [1.29, 1.82) is 0 Å². The van der Waals surface area contributed by atoms with Crippen molar-refractivity contribution in [2.24, 2.45) is 5.92 Å². The van der Waals surface area contributed by atoms with Gasteiger partial charge >= 0.3 is 5.97 Å². The molecule has 0 amide bonds. The molecule has 1 aliphatic heterocycles. The van der Waals surface area contributed by atoms with E-state index in [-0.39, 0.29) is 5.92 Å². The number of ether oxygens (including phenoxy) is 1. The van der Waals surface area contributed by atoms with Crippen molar-refractivity contribution in [2.45, 2.75) is 63.6 Å². The topological polar surface area (TPSA) is 67.6 Å². The number of hydrogen-bond donors (Lipinski definition) is 1. The Labute approximate surface area is 143 Å². The molecule has 0 aromatic carbocycles. The minimum absolute atomic E-state index is 0.119.